The third kappa shape index (κ3) is 3.17. The second-order valence-electron chi connectivity index (χ2n) is 7.93. The van der Waals surface area contributed by atoms with E-state index in [-0.39, 0.29) is 5.92 Å². The van der Waals surface area contributed by atoms with Crippen LogP contribution in [0.2, 0.25) is 5.82 Å². The van der Waals surface area contributed by atoms with Crippen molar-refractivity contribution in [3.05, 3.63) is 0 Å². The summed E-state index contributed by atoms with van der Waals surface area (Å²) in [6.45, 7) is 3.86. The first-order valence-corrected chi connectivity index (χ1v) is 14.8. The van der Waals surface area contributed by atoms with Gasteiger partial charge in [-0.3, -0.25) is 0 Å². The van der Waals surface area contributed by atoms with Crippen LogP contribution < -0.4 is 0 Å². The zero-order valence-electron chi connectivity index (χ0n) is 15.2. The molecule has 0 aromatic carbocycles. The maximum Gasteiger partial charge on any atom is 0.129 e. The summed E-state index contributed by atoms with van der Waals surface area (Å²) in [5, 5.41) is 32.7. The highest BCUT2D eigenvalue weighted by Crippen LogP contribution is 2.78. The van der Waals surface area contributed by atoms with Crippen LogP contribution in [0.4, 0.5) is 0 Å². The molecule has 24 heavy (non-hydrogen) atoms. The Balaban J connectivity index is 2.36. The van der Waals surface area contributed by atoms with Crippen LogP contribution in [0.3, 0.4) is 0 Å². The summed E-state index contributed by atoms with van der Waals surface area (Å²) in [6, 6.07) is 0. The second-order valence-corrected chi connectivity index (χ2v) is 17.1. The van der Waals surface area contributed by atoms with Crippen molar-refractivity contribution in [2.45, 2.75) is 50.6 Å². The van der Waals surface area contributed by atoms with Gasteiger partial charge in [-0.1, -0.05) is 6.30 Å². The van der Waals surface area contributed by atoms with E-state index in [1.165, 1.54) is 0 Å². The number of aliphatic hydroxyl groups excluding tert-OH is 2. The summed E-state index contributed by atoms with van der Waals surface area (Å²) in [5.74, 6) is 0.547. The van der Waals surface area contributed by atoms with E-state index in [0.29, 0.717) is 6.42 Å². The van der Waals surface area contributed by atoms with E-state index in [0.717, 1.165) is 24.1 Å². The standard InChI is InChI=1S/C17H32BO3P3/c1-7-22(4)10-24(6,11-23(5)8-2)15(20)17-9-12(17)13(18)16(3,21)14(17)19/h12-15,19-21H,4-11H2,1-3H3/q+2/t12?,13-,14+,15?,16+,17+/m1/s1. The van der Waals surface area contributed by atoms with Crippen molar-refractivity contribution in [3.63, 3.8) is 0 Å². The van der Waals surface area contributed by atoms with E-state index in [9.17, 15) is 15.3 Å². The fourth-order valence-electron chi connectivity index (χ4n) is 4.38. The summed E-state index contributed by atoms with van der Waals surface area (Å²) in [5.41, 5.74) is -2.01. The van der Waals surface area contributed by atoms with Crippen LogP contribution in [0.25, 0.3) is 0 Å². The van der Waals surface area contributed by atoms with Crippen LogP contribution in [-0.2, 0) is 0 Å². The molecular weight excluding hydrogens is 356 g/mol. The molecule has 2 fully saturated rings. The Morgan fingerprint density at radius 2 is 1.71 bits per heavy atom. The number of rotatable bonds is 8. The van der Waals surface area contributed by atoms with Gasteiger partial charge < -0.3 is 15.3 Å². The molecule has 2 rings (SSSR count). The van der Waals surface area contributed by atoms with Crippen LogP contribution in [0.1, 0.15) is 27.2 Å². The molecule has 2 aliphatic rings. The van der Waals surface area contributed by atoms with E-state index in [1.807, 2.05) is 0 Å². The summed E-state index contributed by atoms with van der Waals surface area (Å²) in [7, 11) is 5.33. The Hall–Kier alpha value is 0.585. The monoisotopic (exact) mass is 388 g/mol. The molecule has 7 heteroatoms. The van der Waals surface area contributed by atoms with Gasteiger partial charge in [-0.25, -0.2) is 0 Å². The van der Waals surface area contributed by atoms with Crippen molar-refractivity contribution in [1.29, 1.82) is 0 Å². The zero-order chi connectivity index (χ0) is 18.5. The molecule has 4 unspecified atom stereocenters. The van der Waals surface area contributed by atoms with Crippen molar-refractivity contribution in [3.8, 4) is 0 Å². The predicted octanol–water partition coefficient (Wildman–Crippen LogP) is 2.63. The lowest BCUT2D eigenvalue weighted by molar-refractivity contribution is -0.0865. The molecular formula is C17H32BO3P3+2. The van der Waals surface area contributed by atoms with Gasteiger partial charge >= 0.3 is 0 Å². The van der Waals surface area contributed by atoms with E-state index in [2.05, 4.69) is 32.7 Å². The summed E-state index contributed by atoms with van der Waals surface area (Å²) >= 11 is 0. The lowest BCUT2D eigenvalue weighted by Gasteiger charge is -2.37. The number of hydrogen-bond donors (Lipinski definition) is 3. The molecule has 0 saturated heterocycles. The van der Waals surface area contributed by atoms with Crippen LogP contribution in [0.5, 0.6) is 0 Å². The van der Waals surface area contributed by atoms with Crippen LogP contribution in [0, 0.1) is 11.3 Å². The minimum Gasteiger partial charge on any atom is -0.389 e. The second kappa shape index (κ2) is 6.96. The average Bonchev–Trinajstić information content (AvgIpc) is 3.24. The minimum atomic E-state index is -1.99. The molecule has 0 amide bonds. The highest BCUT2D eigenvalue weighted by molar-refractivity contribution is 7.89. The molecule has 3 N–H and O–H groups in total. The Bertz CT molecular complexity index is 570. The molecule has 2 saturated carbocycles. The molecule has 0 aromatic heterocycles. The number of aliphatic hydroxyl groups is 3. The third-order valence-corrected chi connectivity index (χ3v) is 17.1. The fraction of sp³-hybridized carbons (Fsp3) is 0.824. The largest absolute Gasteiger partial charge is 0.389 e. The molecule has 2 aliphatic carbocycles. The maximum absolute atomic E-state index is 11.4. The Kier molecular flexibility index (Phi) is 6.06. The lowest BCUT2D eigenvalue weighted by atomic mass is 9.72. The predicted molar refractivity (Wildman–Crippen MR) is 116 cm³/mol. The third-order valence-electron chi connectivity index (χ3n) is 6.13. The highest BCUT2D eigenvalue weighted by atomic mass is 31.2. The van der Waals surface area contributed by atoms with Gasteiger partial charge in [0, 0.05) is 12.3 Å². The molecule has 0 aliphatic heterocycles. The van der Waals surface area contributed by atoms with E-state index in [4.69, 9.17) is 7.85 Å². The normalized spacial score (nSPS) is 42.8. The van der Waals surface area contributed by atoms with Gasteiger partial charge in [-0.05, 0) is 38.9 Å². The van der Waals surface area contributed by atoms with Crippen LogP contribution >= 0.6 is 22.0 Å². The van der Waals surface area contributed by atoms with Crippen molar-refractivity contribution in [1.82, 2.24) is 0 Å². The SMILES string of the molecule is [B][C@@H]1C2C[C@@]2(C(O)P(=C)(C[P+](=C)CC)C[P+](=C)CC)[C@@H](O)[C@@]1(C)O. The molecule has 0 bridgehead atoms. The van der Waals surface area contributed by atoms with Gasteiger partial charge in [0.05, 0.1) is 53.1 Å². The van der Waals surface area contributed by atoms with Crippen molar-refractivity contribution in [2.24, 2.45) is 11.3 Å². The summed E-state index contributed by atoms with van der Waals surface area (Å²) in [6.07, 6.45) is 14.8. The van der Waals surface area contributed by atoms with Gasteiger partial charge in [0.1, 0.15) is 24.1 Å². The van der Waals surface area contributed by atoms with Gasteiger partial charge in [0.15, 0.2) is 0 Å². The molecule has 134 valence electrons. The maximum atomic E-state index is 11.4. The first kappa shape index (κ1) is 20.9. The van der Waals surface area contributed by atoms with Crippen molar-refractivity contribution >= 4 is 48.7 Å². The minimum absolute atomic E-state index is 0.0195. The fourth-order valence-corrected chi connectivity index (χ4v) is 16.2. The van der Waals surface area contributed by atoms with Gasteiger partial charge in [0.25, 0.3) is 0 Å². The smallest absolute Gasteiger partial charge is 0.129 e. The van der Waals surface area contributed by atoms with E-state index < -0.39 is 50.8 Å². The first-order chi connectivity index (χ1) is 11.0. The Morgan fingerprint density at radius 3 is 2.04 bits per heavy atom. The number of fused-ring (bicyclic) bond motifs is 1. The van der Waals surface area contributed by atoms with Gasteiger partial charge in [-0.15, -0.1) is 0 Å². The van der Waals surface area contributed by atoms with Gasteiger partial charge in [-0.2, -0.15) is 0 Å². The molecule has 2 radical (unpaired) electrons. The summed E-state index contributed by atoms with van der Waals surface area (Å²) in [4.78, 5) is 0. The van der Waals surface area contributed by atoms with Crippen molar-refractivity contribution < 1.29 is 15.3 Å². The van der Waals surface area contributed by atoms with Gasteiger partial charge in [0.2, 0.25) is 0 Å². The highest BCUT2D eigenvalue weighted by Gasteiger charge is 2.77. The molecule has 3 nitrogen and oxygen atoms in total. The quantitative estimate of drug-likeness (QED) is 0.443. The lowest BCUT2D eigenvalue weighted by Crippen LogP contribution is -2.46. The van der Waals surface area contributed by atoms with E-state index in [1.54, 1.807) is 6.92 Å². The van der Waals surface area contributed by atoms with Crippen LogP contribution in [-0.4, -0.2) is 83.7 Å². The topological polar surface area (TPSA) is 60.7 Å². The average molecular weight is 388 g/mol. The Labute approximate surface area is 150 Å². The summed E-state index contributed by atoms with van der Waals surface area (Å²) < 4.78 is 0. The molecule has 8 atom stereocenters. The molecule has 0 heterocycles. The molecule has 0 aromatic rings. The number of hydrogen-bond acceptors (Lipinski definition) is 3. The Morgan fingerprint density at radius 1 is 1.25 bits per heavy atom. The van der Waals surface area contributed by atoms with Crippen molar-refractivity contribution in [2.75, 3.05) is 24.1 Å². The zero-order valence-corrected chi connectivity index (χ0v) is 17.9. The van der Waals surface area contributed by atoms with Crippen LogP contribution in [0.15, 0.2) is 0 Å². The van der Waals surface area contributed by atoms with E-state index >= 15 is 0 Å². The molecule has 0 spiro atoms. The first-order valence-electron chi connectivity index (χ1n) is 8.63.